The maximum Gasteiger partial charge on any atom is 0.283 e. The number of nitrogens with one attached hydrogen (secondary N) is 1. The van der Waals surface area contributed by atoms with Crippen LogP contribution in [0.2, 0.25) is 5.02 Å². The van der Waals surface area contributed by atoms with E-state index in [1.165, 1.54) is 19.9 Å². The normalized spacial score (nSPS) is 15.4. The van der Waals surface area contributed by atoms with Crippen molar-refractivity contribution < 1.29 is 13.2 Å². The molecule has 1 saturated heterocycles. The summed E-state index contributed by atoms with van der Waals surface area (Å²) in [6.07, 6.45) is 5.30. The Balaban J connectivity index is 1.31. The number of carbonyl (C=O) groups excluding carboxylic acids is 1. The zero-order valence-corrected chi connectivity index (χ0v) is 21.2. The van der Waals surface area contributed by atoms with E-state index in [2.05, 4.69) is 29.9 Å². The molecular formula is C23H28ClN7O3S. The predicted molar refractivity (Wildman–Crippen MR) is 131 cm³/mol. The molecule has 1 amide bonds. The molecule has 12 heteroatoms. The van der Waals surface area contributed by atoms with Crippen molar-refractivity contribution in [3.8, 4) is 0 Å². The molecule has 1 fully saturated rings. The lowest BCUT2D eigenvalue weighted by Gasteiger charge is -2.31. The number of nitrogens with zero attached hydrogens (tertiary/aromatic N) is 6. The van der Waals surface area contributed by atoms with E-state index in [0.29, 0.717) is 18.1 Å². The summed E-state index contributed by atoms with van der Waals surface area (Å²) < 4.78 is 27.9. The zero-order valence-electron chi connectivity index (χ0n) is 19.6. The Kier molecular flexibility index (Phi) is 7.78. The summed E-state index contributed by atoms with van der Waals surface area (Å²) in [5, 5.41) is 8.38. The molecule has 0 radical (unpaired) electrons. The standard InChI is InChI=1S/C23H28ClN7O3S/c1-16(2)35(33,34)28-23(32)22-5-3-4-21(26-22)17-8-10-30(11-9-17)13-20-15-31(29-27-20)14-19-7-6-18(24)12-25-19/h3-7,12,15-17H,8-11,13-14H2,1-2H3,(H,28,32). The second-order valence-electron chi connectivity index (χ2n) is 8.90. The van der Waals surface area contributed by atoms with Crippen molar-refractivity contribution in [2.45, 2.75) is 50.9 Å². The molecule has 1 aliphatic rings. The van der Waals surface area contributed by atoms with Gasteiger partial charge in [0.05, 0.1) is 34.4 Å². The van der Waals surface area contributed by atoms with Crippen LogP contribution in [0.15, 0.2) is 42.7 Å². The summed E-state index contributed by atoms with van der Waals surface area (Å²) in [6.45, 7) is 5.98. The molecule has 4 heterocycles. The van der Waals surface area contributed by atoms with Gasteiger partial charge in [-0.05, 0) is 64.0 Å². The molecule has 186 valence electrons. The molecule has 1 aliphatic heterocycles. The van der Waals surface area contributed by atoms with Gasteiger partial charge in [-0.15, -0.1) is 5.10 Å². The van der Waals surface area contributed by atoms with Crippen LogP contribution in [0.25, 0.3) is 0 Å². The first-order chi connectivity index (χ1) is 16.7. The fourth-order valence-electron chi connectivity index (χ4n) is 3.87. The van der Waals surface area contributed by atoms with Crippen LogP contribution < -0.4 is 4.72 Å². The molecule has 1 N–H and O–H groups in total. The summed E-state index contributed by atoms with van der Waals surface area (Å²) in [4.78, 5) is 23.5. The van der Waals surface area contributed by atoms with E-state index in [9.17, 15) is 13.2 Å². The topological polar surface area (TPSA) is 123 Å². The number of hydrogen-bond acceptors (Lipinski definition) is 8. The number of sulfonamides is 1. The van der Waals surface area contributed by atoms with E-state index in [1.807, 2.05) is 18.3 Å². The summed E-state index contributed by atoms with van der Waals surface area (Å²) in [7, 11) is -3.71. The number of hydrogen-bond donors (Lipinski definition) is 1. The molecule has 0 atom stereocenters. The van der Waals surface area contributed by atoms with E-state index in [4.69, 9.17) is 11.6 Å². The minimum absolute atomic E-state index is 0.112. The molecule has 3 aromatic rings. The number of amides is 1. The molecule has 35 heavy (non-hydrogen) atoms. The number of aromatic nitrogens is 5. The van der Waals surface area contributed by atoms with Crippen LogP contribution in [0.4, 0.5) is 0 Å². The van der Waals surface area contributed by atoms with E-state index in [1.54, 1.807) is 23.0 Å². The number of piperidine rings is 1. The van der Waals surface area contributed by atoms with Gasteiger partial charge in [-0.1, -0.05) is 22.9 Å². The fourth-order valence-corrected chi connectivity index (χ4v) is 4.59. The second kappa shape index (κ2) is 10.8. The molecule has 10 nitrogen and oxygen atoms in total. The highest BCUT2D eigenvalue weighted by Gasteiger charge is 2.25. The molecule has 3 aromatic heterocycles. The maximum atomic E-state index is 12.4. The third kappa shape index (κ3) is 6.62. The molecule has 4 rings (SSSR count). The summed E-state index contributed by atoms with van der Waals surface area (Å²) >= 11 is 5.88. The van der Waals surface area contributed by atoms with Gasteiger partial charge in [0.15, 0.2) is 0 Å². The Morgan fingerprint density at radius 2 is 1.91 bits per heavy atom. The van der Waals surface area contributed by atoms with Crippen LogP contribution in [0, 0.1) is 0 Å². The van der Waals surface area contributed by atoms with Crippen molar-refractivity contribution in [3.05, 3.63) is 70.5 Å². The monoisotopic (exact) mass is 517 g/mol. The first-order valence-corrected chi connectivity index (χ1v) is 13.4. The SMILES string of the molecule is CC(C)S(=O)(=O)NC(=O)c1cccc(C2CCN(Cc3cn(Cc4ccc(Cl)cn4)nn3)CC2)n1. The largest absolute Gasteiger partial charge is 0.297 e. The average Bonchev–Trinajstić information content (AvgIpc) is 3.27. The van der Waals surface area contributed by atoms with Crippen LogP contribution >= 0.6 is 11.6 Å². The Hall–Kier alpha value is -2.89. The number of halogens is 1. The summed E-state index contributed by atoms with van der Waals surface area (Å²) in [5.74, 6) is -0.498. The van der Waals surface area contributed by atoms with Crippen LogP contribution in [-0.4, -0.2) is 62.5 Å². The number of pyridine rings is 2. The van der Waals surface area contributed by atoms with Crippen molar-refractivity contribution in [1.82, 2.24) is 34.6 Å². The third-order valence-corrected chi connectivity index (χ3v) is 7.88. The average molecular weight is 518 g/mol. The summed E-state index contributed by atoms with van der Waals surface area (Å²) in [5.41, 5.74) is 2.67. The van der Waals surface area contributed by atoms with Crippen molar-refractivity contribution in [2.24, 2.45) is 0 Å². The highest BCUT2D eigenvalue weighted by Crippen LogP contribution is 2.27. The zero-order chi connectivity index (χ0) is 25.0. The molecule has 0 aromatic carbocycles. The lowest BCUT2D eigenvalue weighted by Crippen LogP contribution is -2.36. The van der Waals surface area contributed by atoms with Crippen LogP contribution in [-0.2, 0) is 23.1 Å². The van der Waals surface area contributed by atoms with Gasteiger partial charge < -0.3 is 0 Å². The van der Waals surface area contributed by atoms with Crippen molar-refractivity contribution in [3.63, 3.8) is 0 Å². The molecule has 0 aliphatic carbocycles. The molecule has 0 saturated carbocycles. The Labute approximate surface area is 209 Å². The van der Waals surface area contributed by atoms with E-state index < -0.39 is 21.2 Å². The van der Waals surface area contributed by atoms with Crippen molar-refractivity contribution in [1.29, 1.82) is 0 Å². The minimum Gasteiger partial charge on any atom is -0.297 e. The first-order valence-electron chi connectivity index (χ1n) is 11.4. The van der Waals surface area contributed by atoms with Crippen LogP contribution in [0.5, 0.6) is 0 Å². The van der Waals surface area contributed by atoms with E-state index >= 15 is 0 Å². The van der Waals surface area contributed by atoms with Gasteiger partial charge in [0.2, 0.25) is 10.0 Å². The van der Waals surface area contributed by atoms with Crippen LogP contribution in [0.3, 0.4) is 0 Å². The Morgan fingerprint density at radius 1 is 1.14 bits per heavy atom. The Morgan fingerprint density at radius 3 is 2.60 bits per heavy atom. The predicted octanol–water partition coefficient (Wildman–Crippen LogP) is 2.62. The maximum absolute atomic E-state index is 12.4. The molecule has 0 spiro atoms. The lowest BCUT2D eigenvalue weighted by molar-refractivity contribution is 0.0975. The van der Waals surface area contributed by atoms with E-state index in [0.717, 1.165) is 43.0 Å². The van der Waals surface area contributed by atoms with Gasteiger partial charge in [0, 0.05) is 24.4 Å². The second-order valence-corrected chi connectivity index (χ2v) is 11.6. The van der Waals surface area contributed by atoms with Gasteiger partial charge in [-0.25, -0.2) is 22.8 Å². The number of likely N-dealkylation sites (tertiary alicyclic amines) is 1. The van der Waals surface area contributed by atoms with Crippen LogP contribution in [0.1, 0.15) is 60.2 Å². The van der Waals surface area contributed by atoms with Gasteiger partial charge in [0.25, 0.3) is 5.91 Å². The fraction of sp³-hybridized carbons (Fsp3) is 0.435. The van der Waals surface area contributed by atoms with Gasteiger partial charge in [0.1, 0.15) is 5.69 Å². The van der Waals surface area contributed by atoms with Gasteiger partial charge in [-0.2, -0.15) is 0 Å². The van der Waals surface area contributed by atoms with Gasteiger partial charge >= 0.3 is 0 Å². The first kappa shape index (κ1) is 25.2. The lowest BCUT2D eigenvalue weighted by atomic mass is 9.93. The molecule has 0 bridgehead atoms. The Bertz CT molecular complexity index is 1270. The number of carbonyl (C=O) groups is 1. The quantitative estimate of drug-likeness (QED) is 0.483. The summed E-state index contributed by atoms with van der Waals surface area (Å²) in [6, 6.07) is 8.84. The van der Waals surface area contributed by atoms with E-state index in [-0.39, 0.29) is 11.6 Å². The minimum atomic E-state index is -3.71. The van der Waals surface area contributed by atoms with Gasteiger partial charge in [-0.3, -0.25) is 14.7 Å². The molecule has 0 unspecified atom stereocenters. The van der Waals surface area contributed by atoms with Crippen molar-refractivity contribution in [2.75, 3.05) is 13.1 Å². The smallest absolute Gasteiger partial charge is 0.283 e. The molecular weight excluding hydrogens is 490 g/mol. The highest BCUT2D eigenvalue weighted by atomic mass is 35.5. The third-order valence-electron chi connectivity index (χ3n) is 5.95. The van der Waals surface area contributed by atoms with Crippen molar-refractivity contribution >= 4 is 27.5 Å². The highest BCUT2D eigenvalue weighted by molar-refractivity contribution is 7.90. The number of rotatable bonds is 8.